The van der Waals surface area contributed by atoms with Crippen LogP contribution in [-0.4, -0.2) is 54.5 Å². The minimum Gasteiger partial charge on any atom is -0.495 e. The fourth-order valence-electron chi connectivity index (χ4n) is 3.33. The maximum absolute atomic E-state index is 13.4. The first kappa shape index (κ1) is 26.8. The lowest BCUT2D eigenvalue weighted by molar-refractivity contribution is -0.137. The molecule has 0 bridgehead atoms. The summed E-state index contributed by atoms with van der Waals surface area (Å²) in [5, 5.41) is 2.37. The molecule has 1 fully saturated rings. The van der Waals surface area contributed by atoms with Gasteiger partial charge in [0, 0.05) is 24.6 Å². The third-order valence-electron chi connectivity index (χ3n) is 5.09. The molecule has 1 heterocycles. The van der Waals surface area contributed by atoms with Gasteiger partial charge in [0.25, 0.3) is 0 Å². The Bertz CT molecular complexity index is 1140. The molecular formula is C23H23ClF3N3O4S. The van der Waals surface area contributed by atoms with Crippen molar-refractivity contribution in [1.82, 2.24) is 4.90 Å². The standard InChI is InChI=1S/C23H23ClF3N3O4S/c1-13-10-17(18(34-3)11-15(13)24)28-20(31)12-19-21(32)30(8-9-33-2)22(35-19)29-16-7-5-4-6-14(16)23(25,26)27/h4-7,10-11,19H,8-9,12H2,1-3H3,(H,28,31)/t19-/m0/s1. The highest BCUT2D eigenvalue weighted by Crippen LogP contribution is 2.39. The number of nitrogens with one attached hydrogen (secondary N) is 1. The molecule has 7 nitrogen and oxygen atoms in total. The summed E-state index contributed by atoms with van der Waals surface area (Å²) in [5.74, 6) is -0.559. The first-order chi connectivity index (χ1) is 16.5. The SMILES string of the molecule is COCCN1C(=O)[C@H](CC(=O)Nc2cc(C)c(Cl)cc2OC)SC1=Nc1ccccc1C(F)(F)F. The zero-order valence-corrected chi connectivity index (χ0v) is 20.7. The van der Waals surface area contributed by atoms with Crippen LogP contribution < -0.4 is 10.1 Å². The summed E-state index contributed by atoms with van der Waals surface area (Å²) in [6.45, 7) is 1.99. The molecule has 1 saturated heterocycles. The predicted octanol–water partition coefficient (Wildman–Crippen LogP) is 5.28. The van der Waals surface area contributed by atoms with E-state index in [9.17, 15) is 22.8 Å². The zero-order valence-electron chi connectivity index (χ0n) is 19.1. The largest absolute Gasteiger partial charge is 0.495 e. The number of para-hydroxylation sites is 1. The van der Waals surface area contributed by atoms with Crippen molar-refractivity contribution in [3.05, 3.63) is 52.5 Å². The number of thioether (sulfide) groups is 1. The molecule has 1 aliphatic rings. The number of alkyl halides is 3. The smallest absolute Gasteiger partial charge is 0.418 e. The van der Waals surface area contributed by atoms with Crippen molar-refractivity contribution in [2.45, 2.75) is 24.8 Å². The second kappa shape index (κ2) is 11.3. The molecular weight excluding hydrogens is 507 g/mol. The van der Waals surface area contributed by atoms with E-state index in [-0.39, 0.29) is 30.4 Å². The number of aliphatic imine (C=N–C) groups is 1. The zero-order chi connectivity index (χ0) is 25.8. The molecule has 0 aliphatic carbocycles. The van der Waals surface area contributed by atoms with Gasteiger partial charge >= 0.3 is 6.18 Å². The Morgan fingerprint density at radius 3 is 2.63 bits per heavy atom. The monoisotopic (exact) mass is 529 g/mol. The maximum Gasteiger partial charge on any atom is 0.418 e. The Labute approximate surface area is 209 Å². The lowest BCUT2D eigenvalue weighted by Crippen LogP contribution is -2.35. The molecule has 3 rings (SSSR count). The Kier molecular flexibility index (Phi) is 8.68. The van der Waals surface area contributed by atoms with Crippen LogP contribution >= 0.6 is 23.4 Å². The molecule has 0 saturated carbocycles. The van der Waals surface area contributed by atoms with Crippen LogP contribution in [0.4, 0.5) is 24.5 Å². The number of amides is 2. The Balaban J connectivity index is 1.84. The number of methoxy groups -OCH3 is 2. The van der Waals surface area contributed by atoms with Crippen molar-refractivity contribution in [1.29, 1.82) is 0 Å². The number of rotatable bonds is 8. The number of ether oxygens (including phenoxy) is 2. The van der Waals surface area contributed by atoms with E-state index >= 15 is 0 Å². The molecule has 2 aromatic carbocycles. The second-order valence-electron chi connectivity index (χ2n) is 7.55. The van der Waals surface area contributed by atoms with Gasteiger partial charge in [-0.25, -0.2) is 4.99 Å². The van der Waals surface area contributed by atoms with Gasteiger partial charge in [-0.15, -0.1) is 0 Å². The first-order valence-corrected chi connectivity index (χ1v) is 11.7. The Morgan fingerprint density at radius 1 is 1.26 bits per heavy atom. The molecule has 0 unspecified atom stereocenters. The third kappa shape index (κ3) is 6.47. The van der Waals surface area contributed by atoms with Crippen LogP contribution in [-0.2, 0) is 20.5 Å². The number of aryl methyl sites for hydroxylation is 1. The van der Waals surface area contributed by atoms with Crippen molar-refractivity contribution in [2.75, 3.05) is 32.7 Å². The average Bonchev–Trinajstić information content (AvgIpc) is 3.07. The van der Waals surface area contributed by atoms with E-state index in [2.05, 4.69) is 10.3 Å². The summed E-state index contributed by atoms with van der Waals surface area (Å²) in [5.41, 5.74) is -0.125. The number of halogens is 4. The van der Waals surface area contributed by atoms with Crippen LogP contribution in [0.2, 0.25) is 5.02 Å². The fraction of sp³-hybridized carbons (Fsp3) is 0.348. The average molecular weight is 530 g/mol. The lowest BCUT2D eigenvalue weighted by atomic mass is 10.2. The molecule has 1 atom stereocenters. The molecule has 0 spiro atoms. The van der Waals surface area contributed by atoms with E-state index in [1.54, 1.807) is 19.1 Å². The van der Waals surface area contributed by atoms with Gasteiger partial charge in [0.2, 0.25) is 11.8 Å². The summed E-state index contributed by atoms with van der Waals surface area (Å²) in [7, 11) is 2.87. The van der Waals surface area contributed by atoms with E-state index in [0.29, 0.717) is 16.5 Å². The molecule has 12 heteroatoms. The van der Waals surface area contributed by atoms with Crippen molar-refractivity contribution in [3.8, 4) is 5.75 Å². The summed E-state index contributed by atoms with van der Waals surface area (Å²) >= 11 is 7.03. The molecule has 188 valence electrons. The Morgan fingerprint density at radius 2 is 1.97 bits per heavy atom. The number of carbonyl (C=O) groups excluding carboxylic acids is 2. The number of hydrogen-bond donors (Lipinski definition) is 1. The van der Waals surface area contributed by atoms with Crippen molar-refractivity contribution >= 4 is 51.7 Å². The highest BCUT2D eigenvalue weighted by molar-refractivity contribution is 8.15. The van der Waals surface area contributed by atoms with E-state index in [4.69, 9.17) is 21.1 Å². The molecule has 35 heavy (non-hydrogen) atoms. The van der Waals surface area contributed by atoms with E-state index < -0.39 is 28.8 Å². The number of nitrogens with zero attached hydrogens (tertiary/aromatic N) is 2. The lowest BCUT2D eigenvalue weighted by Gasteiger charge is -2.17. The van der Waals surface area contributed by atoms with E-state index in [0.717, 1.165) is 23.4 Å². The van der Waals surface area contributed by atoms with Gasteiger partial charge in [-0.3, -0.25) is 14.5 Å². The minimum absolute atomic E-state index is 0.0708. The normalized spacial score (nSPS) is 17.2. The number of carbonyl (C=O) groups is 2. The summed E-state index contributed by atoms with van der Waals surface area (Å²) in [6, 6.07) is 8.06. The van der Waals surface area contributed by atoms with Crippen molar-refractivity contribution in [2.24, 2.45) is 4.99 Å². The molecule has 1 aliphatic heterocycles. The molecule has 0 radical (unpaired) electrons. The van der Waals surface area contributed by atoms with E-state index in [1.165, 1.54) is 37.3 Å². The van der Waals surface area contributed by atoms with Gasteiger partial charge in [-0.1, -0.05) is 35.5 Å². The third-order valence-corrected chi connectivity index (χ3v) is 6.67. The van der Waals surface area contributed by atoms with Crippen molar-refractivity contribution < 1.29 is 32.2 Å². The van der Waals surface area contributed by atoms with Crippen LogP contribution in [0.1, 0.15) is 17.5 Å². The maximum atomic E-state index is 13.4. The summed E-state index contributed by atoms with van der Waals surface area (Å²) in [6.07, 6.45) is -4.84. The van der Waals surface area contributed by atoms with Gasteiger partial charge in [-0.05, 0) is 30.7 Å². The number of amidine groups is 1. The van der Waals surface area contributed by atoms with Gasteiger partial charge in [0.1, 0.15) is 11.0 Å². The highest BCUT2D eigenvalue weighted by Gasteiger charge is 2.40. The van der Waals surface area contributed by atoms with Gasteiger partial charge in [-0.2, -0.15) is 13.2 Å². The van der Waals surface area contributed by atoms with Gasteiger partial charge in [0.15, 0.2) is 5.17 Å². The van der Waals surface area contributed by atoms with Crippen LogP contribution in [0.15, 0.2) is 41.4 Å². The fourth-order valence-corrected chi connectivity index (χ4v) is 4.66. The first-order valence-electron chi connectivity index (χ1n) is 10.4. The minimum atomic E-state index is -4.61. The van der Waals surface area contributed by atoms with Crippen molar-refractivity contribution in [3.63, 3.8) is 0 Å². The van der Waals surface area contributed by atoms with E-state index in [1.807, 2.05) is 0 Å². The van der Waals surface area contributed by atoms with Gasteiger partial charge < -0.3 is 14.8 Å². The molecule has 2 amide bonds. The van der Waals surface area contributed by atoms with Gasteiger partial charge in [0.05, 0.1) is 37.2 Å². The van der Waals surface area contributed by atoms with Crippen LogP contribution in [0, 0.1) is 6.92 Å². The second-order valence-corrected chi connectivity index (χ2v) is 9.13. The predicted molar refractivity (Wildman–Crippen MR) is 129 cm³/mol. The molecule has 1 N–H and O–H groups in total. The number of hydrogen-bond acceptors (Lipinski definition) is 6. The Hall–Kier alpha value is -2.76. The topological polar surface area (TPSA) is 80.2 Å². The molecule has 0 aromatic heterocycles. The molecule has 2 aromatic rings. The highest BCUT2D eigenvalue weighted by atomic mass is 35.5. The quantitative estimate of drug-likeness (QED) is 0.503. The summed E-state index contributed by atoms with van der Waals surface area (Å²) < 4.78 is 50.5. The van der Waals surface area contributed by atoms with Crippen LogP contribution in [0.25, 0.3) is 0 Å². The van der Waals surface area contributed by atoms with Crippen LogP contribution in [0.5, 0.6) is 5.75 Å². The van der Waals surface area contributed by atoms with Crippen LogP contribution in [0.3, 0.4) is 0 Å². The summed E-state index contributed by atoms with van der Waals surface area (Å²) in [4.78, 5) is 31.2. The number of anilines is 1. The number of benzene rings is 2.